The lowest BCUT2D eigenvalue weighted by Gasteiger charge is -2.31. The number of carbonyl (C=O) groups excluding carboxylic acids is 1. The summed E-state index contributed by atoms with van der Waals surface area (Å²) in [6.45, 7) is 2.08. The number of hydrogen-bond acceptors (Lipinski definition) is 4. The number of carbonyl (C=O) groups is 1. The number of sulfonamides is 1. The second-order valence-electron chi connectivity index (χ2n) is 6.27. The number of piperidine rings is 1. The molecule has 2 aliphatic heterocycles. The van der Waals surface area contributed by atoms with Gasteiger partial charge in [0.1, 0.15) is 0 Å². The van der Waals surface area contributed by atoms with E-state index < -0.39 is 10.0 Å². The molecule has 24 heavy (non-hydrogen) atoms. The van der Waals surface area contributed by atoms with Gasteiger partial charge in [-0.15, -0.1) is 12.4 Å². The average Bonchev–Trinajstić information content (AvgIpc) is 2.55. The minimum Gasteiger partial charge on any atom is -0.326 e. The number of nitrogens with one attached hydrogen (secondary N) is 2. The van der Waals surface area contributed by atoms with E-state index in [1.54, 1.807) is 22.5 Å². The number of anilines is 1. The van der Waals surface area contributed by atoms with Crippen LogP contribution in [0.25, 0.3) is 0 Å². The molecule has 0 bridgehead atoms. The second-order valence-corrected chi connectivity index (χ2v) is 8.21. The molecule has 1 amide bonds. The molecule has 0 aromatic heterocycles. The number of amides is 1. The van der Waals surface area contributed by atoms with Crippen LogP contribution in [0.2, 0.25) is 0 Å². The van der Waals surface area contributed by atoms with E-state index in [-0.39, 0.29) is 18.3 Å². The van der Waals surface area contributed by atoms with Gasteiger partial charge in [-0.3, -0.25) is 4.79 Å². The van der Waals surface area contributed by atoms with Crippen LogP contribution in [0, 0.1) is 5.92 Å². The highest BCUT2D eigenvalue weighted by Gasteiger charge is 2.30. The summed E-state index contributed by atoms with van der Waals surface area (Å²) in [5.41, 5.74) is 1.63. The largest absolute Gasteiger partial charge is 0.326 e. The Bertz CT molecular complexity index is 701. The van der Waals surface area contributed by atoms with Crippen LogP contribution in [0.3, 0.4) is 0 Å². The van der Waals surface area contributed by atoms with Gasteiger partial charge in [-0.2, -0.15) is 4.31 Å². The highest BCUT2D eigenvalue weighted by atomic mass is 35.5. The number of halogens is 1. The van der Waals surface area contributed by atoms with Gasteiger partial charge in [-0.25, -0.2) is 8.42 Å². The van der Waals surface area contributed by atoms with E-state index in [2.05, 4.69) is 10.6 Å². The zero-order valence-electron chi connectivity index (χ0n) is 13.7. The molecular formula is C16H24ClN3O3S. The Morgan fingerprint density at radius 3 is 2.62 bits per heavy atom. The van der Waals surface area contributed by atoms with Gasteiger partial charge in [-0.1, -0.05) is 0 Å². The molecular weight excluding hydrogens is 350 g/mol. The van der Waals surface area contributed by atoms with Crippen LogP contribution in [0.5, 0.6) is 0 Å². The highest BCUT2D eigenvalue weighted by molar-refractivity contribution is 7.89. The van der Waals surface area contributed by atoms with Crippen LogP contribution < -0.4 is 10.6 Å². The van der Waals surface area contributed by atoms with Crippen LogP contribution in [0.1, 0.15) is 24.8 Å². The first-order valence-corrected chi connectivity index (χ1v) is 9.52. The van der Waals surface area contributed by atoms with E-state index in [1.165, 1.54) is 0 Å². The van der Waals surface area contributed by atoms with Crippen molar-refractivity contribution in [1.82, 2.24) is 9.62 Å². The maximum absolute atomic E-state index is 12.8. The van der Waals surface area contributed by atoms with Crippen molar-refractivity contribution in [3.05, 3.63) is 23.8 Å². The maximum atomic E-state index is 12.8. The first-order valence-electron chi connectivity index (χ1n) is 8.08. The Balaban J connectivity index is 0.00000208. The minimum absolute atomic E-state index is 0. The van der Waals surface area contributed by atoms with Crippen LogP contribution in [-0.2, 0) is 21.2 Å². The predicted molar refractivity (Wildman–Crippen MR) is 96.1 cm³/mol. The smallest absolute Gasteiger partial charge is 0.243 e. The molecule has 0 saturated carbocycles. The lowest BCUT2D eigenvalue weighted by Crippen LogP contribution is -2.40. The summed E-state index contributed by atoms with van der Waals surface area (Å²) in [4.78, 5) is 11.7. The summed E-state index contributed by atoms with van der Waals surface area (Å²) in [6, 6.07) is 5.01. The summed E-state index contributed by atoms with van der Waals surface area (Å²) in [5, 5.41) is 5.94. The topological polar surface area (TPSA) is 78.5 Å². The molecule has 6 nitrogen and oxygen atoms in total. The molecule has 1 fully saturated rings. The van der Waals surface area contributed by atoms with Crippen molar-refractivity contribution >= 4 is 34.0 Å². The first kappa shape index (κ1) is 19.2. The third kappa shape index (κ3) is 3.91. The van der Waals surface area contributed by atoms with Crippen LogP contribution in [0.4, 0.5) is 5.69 Å². The molecule has 2 N–H and O–H groups in total. The Labute approximate surface area is 149 Å². The van der Waals surface area contributed by atoms with E-state index in [4.69, 9.17) is 0 Å². The molecule has 0 aliphatic carbocycles. The van der Waals surface area contributed by atoms with E-state index >= 15 is 0 Å². The van der Waals surface area contributed by atoms with E-state index in [0.29, 0.717) is 36.7 Å². The number of aryl methyl sites for hydroxylation is 1. The minimum atomic E-state index is -3.45. The van der Waals surface area contributed by atoms with Gasteiger partial charge in [0, 0.05) is 25.2 Å². The molecule has 1 saturated heterocycles. The van der Waals surface area contributed by atoms with Crippen molar-refractivity contribution in [2.45, 2.75) is 30.6 Å². The summed E-state index contributed by atoms with van der Waals surface area (Å²) in [7, 11) is -1.52. The molecule has 3 rings (SSSR count). The second kappa shape index (κ2) is 7.82. The SMILES string of the molecule is CNCC1CCN(S(=O)(=O)c2ccc3c(c2)CCC(=O)N3)CC1.Cl. The summed E-state index contributed by atoms with van der Waals surface area (Å²) < 4.78 is 27.2. The third-order valence-electron chi connectivity index (χ3n) is 4.68. The Morgan fingerprint density at radius 1 is 1.25 bits per heavy atom. The highest BCUT2D eigenvalue weighted by Crippen LogP contribution is 2.28. The zero-order chi connectivity index (χ0) is 16.4. The van der Waals surface area contributed by atoms with Crippen LogP contribution in [0.15, 0.2) is 23.1 Å². The van der Waals surface area contributed by atoms with Gasteiger partial charge < -0.3 is 10.6 Å². The first-order chi connectivity index (χ1) is 11.0. The van der Waals surface area contributed by atoms with Gasteiger partial charge in [0.15, 0.2) is 0 Å². The molecule has 1 aromatic carbocycles. The van der Waals surface area contributed by atoms with Gasteiger partial charge in [0.05, 0.1) is 4.90 Å². The molecule has 0 spiro atoms. The molecule has 1 aromatic rings. The molecule has 0 atom stereocenters. The van der Waals surface area contributed by atoms with E-state index in [0.717, 1.165) is 30.6 Å². The standard InChI is InChI=1S/C16H23N3O3S.ClH/c1-17-11-12-6-8-19(9-7-12)23(21,22)14-3-4-15-13(10-14)2-5-16(20)18-15;/h3-4,10,12,17H,2,5-9,11H2,1H3,(H,18,20);1H. The molecule has 2 aliphatic rings. The van der Waals surface area contributed by atoms with Gasteiger partial charge >= 0.3 is 0 Å². The quantitative estimate of drug-likeness (QED) is 0.840. The normalized spacial score (nSPS) is 19.3. The number of hydrogen-bond donors (Lipinski definition) is 2. The van der Waals surface area contributed by atoms with Crippen LogP contribution >= 0.6 is 12.4 Å². The number of benzene rings is 1. The third-order valence-corrected chi connectivity index (χ3v) is 6.57. The maximum Gasteiger partial charge on any atom is 0.243 e. The lowest BCUT2D eigenvalue weighted by molar-refractivity contribution is -0.116. The number of rotatable bonds is 4. The fourth-order valence-electron chi connectivity index (χ4n) is 3.31. The van der Waals surface area contributed by atoms with Crippen molar-refractivity contribution in [3.63, 3.8) is 0 Å². The van der Waals surface area contributed by atoms with Gasteiger partial charge in [0.25, 0.3) is 0 Å². The fraction of sp³-hybridized carbons (Fsp3) is 0.562. The Kier molecular flexibility index (Phi) is 6.25. The number of fused-ring (bicyclic) bond motifs is 1. The van der Waals surface area contributed by atoms with Crippen molar-refractivity contribution < 1.29 is 13.2 Å². The van der Waals surface area contributed by atoms with Crippen LogP contribution in [-0.4, -0.2) is 45.3 Å². The Hall–Kier alpha value is -1.15. The van der Waals surface area contributed by atoms with Gasteiger partial charge in [0.2, 0.25) is 15.9 Å². The van der Waals surface area contributed by atoms with Crippen molar-refractivity contribution in [2.75, 3.05) is 32.0 Å². The van der Waals surface area contributed by atoms with Crippen molar-refractivity contribution in [2.24, 2.45) is 5.92 Å². The average molecular weight is 374 g/mol. The predicted octanol–water partition coefficient (Wildman–Crippen LogP) is 1.61. The summed E-state index contributed by atoms with van der Waals surface area (Å²) in [6.07, 6.45) is 2.78. The Morgan fingerprint density at radius 2 is 1.96 bits per heavy atom. The van der Waals surface area contributed by atoms with Crippen molar-refractivity contribution in [3.8, 4) is 0 Å². The van der Waals surface area contributed by atoms with E-state index in [1.807, 2.05) is 7.05 Å². The molecule has 0 unspecified atom stereocenters. The molecule has 0 radical (unpaired) electrons. The van der Waals surface area contributed by atoms with E-state index in [9.17, 15) is 13.2 Å². The van der Waals surface area contributed by atoms with Gasteiger partial charge in [-0.05, 0) is 62.5 Å². The summed E-state index contributed by atoms with van der Waals surface area (Å²) in [5.74, 6) is 0.532. The monoisotopic (exact) mass is 373 g/mol. The zero-order valence-corrected chi connectivity index (χ0v) is 15.4. The lowest BCUT2D eigenvalue weighted by atomic mass is 9.98. The fourth-order valence-corrected chi connectivity index (χ4v) is 4.83. The molecule has 134 valence electrons. The summed E-state index contributed by atoms with van der Waals surface area (Å²) >= 11 is 0. The van der Waals surface area contributed by atoms with Crippen molar-refractivity contribution in [1.29, 1.82) is 0 Å². The molecule has 8 heteroatoms. The molecule has 2 heterocycles. The number of nitrogens with zero attached hydrogens (tertiary/aromatic N) is 1.